The second-order valence-electron chi connectivity index (χ2n) is 6.66. The van der Waals surface area contributed by atoms with Gasteiger partial charge in [-0.3, -0.25) is 14.4 Å². The molecule has 1 aliphatic heterocycles. The van der Waals surface area contributed by atoms with Crippen molar-refractivity contribution in [2.45, 2.75) is 19.8 Å². The molecule has 1 fully saturated rings. The molecule has 0 spiro atoms. The molecular weight excluding hydrogens is 422 g/mol. The third-order valence-electron chi connectivity index (χ3n) is 4.73. The molecule has 3 amide bonds. The molecule has 2 aromatic carbocycles. The summed E-state index contributed by atoms with van der Waals surface area (Å²) in [6.07, 6.45) is 0.946. The van der Waals surface area contributed by atoms with Crippen molar-refractivity contribution in [1.29, 1.82) is 0 Å². The predicted octanol–water partition coefficient (Wildman–Crippen LogP) is 3.12. The Kier molecular flexibility index (Phi) is 6.46. The number of halogens is 1. The fourth-order valence-corrected chi connectivity index (χ4v) is 3.47. The van der Waals surface area contributed by atoms with Crippen LogP contribution in [-0.2, 0) is 20.8 Å². The van der Waals surface area contributed by atoms with Crippen LogP contribution in [0.2, 0.25) is 0 Å². The fraction of sp³-hybridized carbons (Fsp3) is 0.286. The molecule has 0 bridgehead atoms. The number of amides is 3. The van der Waals surface area contributed by atoms with E-state index in [1.807, 2.05) is 55.5 Å². The highest BCUT2D eigenvalue weighted by atomic mass is 79.9. The van der Waals surface area contributed by atoms with Crippen molar-refractivity contribution < 1.29 is 14.4 Å². The molecule has 0 aromatic heterocycles. The van der Waals surface area contributed by atoms with E-state index in [9.17, 15) is 14.4 Å². The van der Waals surface area contributed by atoms with Crippen LogP contribution in [0.15, 0.2) is 53.0 Å². The maximum Gasteiger partial charge on any atom is 0.243 e. The molecule has 1 atom stereocenters. The zero-order chi connectivity index (χ0) is 20.1. The second kappa shape index (κ2) is 9.01. The number of rotatable bonds is 6. The first-order chi connectivity index (χ1) is 13.5. The van der Waals surface area contributed by atoms with Crippen LogP contribution in [0.4, 0.5) is 11.4 Å². The minimum Gasteiger partial charge on any atom is -0.347 e. The Morgan fingerprint density at radius 1 is 1.14 bits per heavy atom. The van der Waals surface area contributed by atoms with Crippen LogP contribution in [-0.4, -0.2) is 30.8 Å². The van der Waals surface area contributed by atoms with Gasteiger partial charge in [0.15, 0.2) is 0 Å². The number of nitrogens with one attached hydrogen (secondary N) is 2. The van der Waals surface area contributed by atoms with Crippen molar-refractivity contribution in [2.75, 3.05) is 23.3 Å². The lowest BCUT2D eigenvalue weighted by molar-refractivity contribution is -0.127. The number of para-hydroxylation sites is 1. The topological polar surface area (TPSA) is 78.5 Å². The van der Waals surface area contributed by atoms with Crippen molar-refractivity contribution >= 4 is 45.0 Å². The number of hydrogen-bond donors (Lipinski definition) is 2. The molecule has 1 saturated heterocycles. The molecule has 6 nitrogen and oxygen atoms in total. The number of aryl methyl sites for hydroxylation is 1. The van der Waals surface area contributed by atoms with E-state index >= 15 is 0 Å². The average Bonchev–Trinajstić information content (AvgIpc) is 3.09. The van der Waals surface area contributed by atoms with Gasteiger partial charge in [0.05, 0.1) is 12.5 Å². The number of nitrogens with zero attached hydrogens (tertiary/aromatic N) is 1. The number of benzene rings is 2. The highest BCUT2D eigenvalue weighted by Gasteiger charge is 2.35. The molecule has 2 aromatic rings. The normalized spacial score (nSPS) is 16.1. The summed E-state index contributed by atoms with van der Waals surface area (Å²) in [6.45, 7) is 2.20. The van der Waals surface area contributed by atoms with Gasteiger partial charge >= 0.3 is 0 Å². The quantitative estimate of drug-likeness (QED) is 0.719. The summed E-state index contributed by atoms with van der Waals surface area (Å²) in [4.78, 5) is 38.5. The first kappa shape index (κ1) is 20.1. The van der Waals surface area contributed by atoms with E-state index in [1.54, 1.807) is 4.90 Å². The molecule has 1 aliphatic rings. The summed E-state index contributed by atoms with van der Waals surface area (Å²) in [6, 6.07) is 14.9. The van der Waals surface area contributed by atoms with E-state index in [0.29, 0.717) is 6.54 Å². The van der Waals surface area contributed by atoms with Gasteiger partial charge in [-0.05, 0) is 42.3 Å². The van der Waals surface area contributed by atoms with E-state index in [1.165, 1.54) is 0 Å². The summed E-state index contributed by atoms with van der Waals surface area (Å²) < 4.78 is 0.924. The Bertz CT molecular complexity index is 883. The predicted molar refractivity (Wildman–Crippen MR) is 112 cm³/mol. The Labute approximate surface area is 172 Å². The van der Waals surface area contributed by atoms with Gasteiger partial charge < -0.3 is 15.5 Å². The van der Waals surface area contributed by atoms with E-state index in [0.717, 1.165) is 27.8 Å². The zero-order valence-electron chi connectivity index (χ0n) is 15.6. The Morgan fingerprint density at radius 2 is 1.86 bits per heavy atom. The maximum absolute atomic E-state index is 12.4. The maximum atomic E-state index is 12.4. The molecule has 146 valence electrons. The van der Waals surface area contributed by atoms with Gasteiger partial charge in [-0.1, -0.05) is 41.1 Å². The van der Waals surface area contributed by atoms with Crippen LogP contribution in [0.25, 0.3) is 0 Å². The number of carbonyl (C=O) groups excluding carboxylic acids is 3. The van der Waals surface area contributed by atoms with Crippen molar-refractivity contribution in [3.05, 3.63) is 58.6 Å². The smallest absolute Gasteiger partial charge is 0.243 e. The first-order valence-corrected chi connectivity index (χ1v) is 9.98. The summed E-state index contributed by atoms with van der Waals surface area (Å²) in [5.74, 6) is -1.13. The monoisotopic (exact) mass is 443 g/mol. The van der Waals surface area contributed by atoms with E-state index in [2.05, 4.69) is 26.6 Å². The Morgan fingerprint density at radius 3 is 2.57 bits per heavy atom. The molecule has 28 heavy (non-hydrogen) atoms. The van der Waals surface area contributed by atoms with Crippen LogP contribution in [0.5, 0.6) is 0 Å². The number of anilines is 2. The van der Waals surface area contributed by atoms with Gasteiger partial charge in [0.1, 0.15) is 0 Å². The lowest BCUT2D eigenvalue weighted by Gasteiger charge is -2.17. The molecule has 0 radical (unpaired) electrons. The SMILES string of the molecule is CCc1ccccc1NC(=O)CNC(=O)C1CC(=O)N(c2ccc(Br)cc2)C1. The second-order valence-corrected chi connectivity index (χ2v) is 7.57. The first-order valence-electron chi connectivity index (χ1n) is 9.19. The fourth-order valence-electron chi connectivity index (χ4n) is 3.21. The minimum absolute atomic E-state index is 0.0937. The summed E-state index contributed by atoms with van der Waals surface area (Å²) >= 11 is 3.37. The third-order valence-corrected chi connectivity index (χ3v) is 5.26. The molecule has 7 heteroatoms. The van der Waals surface area contributed by atoms with Crippen molar-refractivity contribution in [1.82, 2.24) is 5.32 Å². The van der Waals surface area contributed by atoms with Gasteiger partial charge in [-0.15, -0.1) is 0 Å². The largest absolute Gasteiger partial charge is 0.347 e. The number of carbonyl (C=O) groups is 3. The standard InChI is InChI=1S/C21H22BrN3O3/c1-2-14-5-3-4-6-18(14)24-19(26)12-23-21(28)15-11-20(27)25(13-15)17-9-7-16(22)8-10-17/h3-10,15H,2,11-13H2,1H3,(H,23,28)(H,24,26). The van der Waals surface area contributed by atoms with Gasteiger partial charge in [0, 0.05) is 28.8 Å². The molecule has 0 saturated carbocycles. The highest BCUT2D eigenvalue weighted by Crippen LogP contribution is 2.26. The summed E-state index contributed by atoms with van der Waals surface area (Å²) in [7, 11) is 0. The van der Waals surface area contributed by atoms with Crippen LogP contribution >= 0.6 is 15.9 Å². The van der Waals surface area contributed by atoms with Crippen LogP contribution in [0.3, 0.4) is 0 Å². The van der Waals surface area contributed by atoms with Crippen molar-refractivity contribution in [3.63, 3.8) is 0 Å². The average molecular weight is 444 g/mol. The lowest BCUT2D eigenvalue weighted by Crippen LogP contribution is -2.38. The molecule has 1 unspecified atom stereocenters. The number of hydrogen-bond acceptors (Lipinski definition) is 3. The van der Waals surface area contributed by atoms with Crippen LogP contribution < -0.4 is 15.5 Å². The molecule has 2 N–H and O–H groups in total. The van der Waals surface area contributed by atoms with E-state index in [-0.39, 0.29) is 30.7 Å². The molecule has 0 aliphatic carbocycles. The van der Waals surface area contributed by atoms with Gasteiger partial charge in [-0.25, -0.2) is 0 Å². The van der Waals surface area contributed by atoms with Gasteiger partial charge in [0.25, 0.3) is 0 Å². The lowest BCUT2D eigenvalue weighted by atomic mass is 10.1. The molecule has 3 rings (SSSR count). The summed E-state index contributed by atoms with van der Waals surface area (Å²) in [5, 5.41) is 5.47. The summed E-state index contributed by atoms with van der Waals surface area (Å²) in [5.41, 5.74) is 2.55. The van der Waals surface area contributed by atoms with Crippen molar-refractivity contribution in [3.8, 4) is 0 Å². The van der Waals surface area contributed by atoms with Crippen LogP contribution in [0.1, 0.15) is 18.9 Å². The van der Waals surface area contributed by atoms with Crippen LogP contribution in [0, 0.1) is 5.92 Å². The Balaban J connectivity index is 1.53. The minimum atomic E-state index is -0.466. The molecular formula is C21H22BrN3O3. The zero-order valence-corrected chi connectivity index (χ0v) is 17.2. The highest BCUT2D eigenvalue weighted by molar-refractivity contribution is 9.10. The Hall–Kier alpha value is -2.67. The van der Waals surface area contributed by atoms with E-state index in [4.69, 9.17) is 0 Å². The van der Waals surface area contributed by atoms with Gasteiger partial charge in [0.2, 0.25) is 17.7 Å². The third kappa shape index (κ3) is 4.78. The van der Waals surface area contributed by atoms with E-state index < -0.39 is 5.92 Å². The molecule has 1 heterocycles. The van der Waals surface area contributed by atoms with Gasteiger partial charge in [-0.2, -0.15) is 0 Å². The van der Waals surface area contributed by atoms with Crippen molar-refractivity contribution in [2.24, 2.45) is 5.92 Å².